The van der Waals surface area contributed by atoms with E-state index in [1.807, 2.05) is 13.8 Å². The Labute approximate surface area is 123 Å². The molecule has 0 unspecified atom stereocenters. The number of benzene rings is 1. The van der Waals surface area contributed by atoms with E-state index in [0.29, 0.717) is 5.75 Å². The zero-order chi connectivity index (χ0) is 16.0. The minimum absolute atomic E-state index is 0.0457. The molecule has 1 aromatic rings. The maximum atomic E-state index is 12.2. The van der Waals surface area contributed by atoms with Gasteiger partial charge in [0.1, 0.15) is 5.75 Å². The Morgan fingerprint density at radius 3 is 2.52 bits per heavy atom. The van der Waals surface area contributed by atoms with E-state index in [-0.39, 0.29) is 30.4 Å². The van der Waals surface area contributed by atoms with E-state index < -0.39 is 12.0 Å². The molecule has 3 N–H and O–H groups in total. The molecular formula is C14H20N2O5. The van der Waals surface area contributed by atoms with E-state index in [0.717, 1.165) is 0 Å². The highest BCUT2D eigenvalue weighted by atomic mass is 16.5. The number of aromatic carboxylic acids is 1. The largest absolute Gasteiger partial charge is 0.495 e. The summed E-state index contributed by atoms with van der Waals surface area (Å²) in [6.45, 7) is 3.67. The number of ether oxygens (including phenoxy) is 1. The fraction of sp³-hybridized carbons (Fsp3) is 0.429. The first kappa shape index (κ1) is 16.8. The van der Waals surface area contributed by atoms with Crippen LogP contribution in [0.4, 0.5) is 10.5 Å². The normalized spacial score (nSPS) is 10.3. The number of hydrogen-bond acceptors (Lipinski definition) is 4. The van der Waals surface area contributed by atoms with Gasteiger partial charge in [-0.3, -0.25) is 0 Å². The molecule has 0 aromatic heterocycles. The summed E-state index contributed by atoms with van der Waals surface area (Å²) in [7, 11) is 1.43. The molecule has 0 bridgehead atoms. The van der Waals surface area contributed by atoms with E-state index in [9.17, 15) is 9.59 Å². The Kier molecular flexibility index (Phi) is 5.98. The number of hydrogen-bond donors (Lipinski definition) is 3. The van der Waals surface area contributed by atoms with Crippen LogP contribution in [0.1, 0.15) is 24.2 Å². The lowest BCUT2D eigenvalue weighted by Gasteiger charge is -2.26. The summed E-state index contributed by atoms with van der Waals surface area (Å²) in [6, 6.07) is 3.66. The maximum Gasteiger partial charge on any atom is 0.335 e. The Bertz CT molecular complexity index is 516. The molecule has 0 atom stereocenters. The Morgan fingerprint density at radius 1 is 1.38 bits per heavy atom. The SMILES string of the molecule is COc1ccc(C(=O)O)cc1NC(=O)N(CCO)C(C)C. The van der Waals surface area contributed by atoms with Gasteiger partial charge in [-0.2, -0.15) is 0 Å². The number of urea groups is 1. The topological polar surface area (TPSA) is 99.1 Å². The third-order valence-electron chi connectivity index (χ3n) is 2.91. The Balaban J connectivity index is 3.01. The van der Waals surface area contributed by atoms with E-state index in [2.05, 4.69) is 5.32 Å². The van der Waals surface area contributed by atoms with Crippen LogP contribution in [-0.4, -0.2) is 53.4 Å². The van der Waals surface area contributed by atoms with Crippen molar-refractivity contribution in [3.8, 4) is 5.75 Å². The molecule has 0 aliphatic heterocycles. The number of aliphatic hydroxyl groups is 1. The van der Waals surface area contributed by atoms with Crippen molar-refractivity contribution >= 4 is 17.7 Å². The summed E-state index contributed by atoms with van der Waals surface area (Å²) >= 11 is 0. The first-order chi connectivity index (χ1) is 9.90. The van der Waals surface area contributed by atoms with Gasteiger partial charge in [0.05, 0.1) is 25.0 Å². The number of nitrogens with zero attached hydrogens (tertiary/aromatic N) is 1. The summed E-state index contributed by atoms with van der Waals surface area (Å²) in [5, 5.41) is 20.6. The van der Waals surface area contributed by atoms with E-state index in [4.69, 9.17) is 14.9 Å². The molecule has 0 radical (unpaired) electrons. The van der Waals surface area contributed by atoms with Gasteiger partial charge in [0.25, 0.3) is 0 Å². The summed E-state index contributed by atoms with van der Waals surface area (Å²) < 4.78 is 5.11. The number of nitrogens with one attached hydrogen (secondary N) is 1. The van der Waals surface area contributed by atoms with Crippen LogP contribution < -0.4 is 10.1 Å². The molecule has 2 amide bonds. The number of carboxylic acids is 1. The van der Waals surface area contributed by atoms with Gasteiger partial charge in [0.15, 0.2) is 0 Å². The zero-order valence-electron chi connectivity index (χ0n) is 12.3. The number of aliphatic hydroxyl groups excluding tert-OH is 1. The number of methoxy groups -OCH3 is 1. The molecule has 0 fully saturated rings. The monoisotopic (exact) mass is 296 g/mol. The summed E-state index contributed by atoms with van der Waals surface area (Å²) in [5.41, 5.74) is 0.315. The van der Waals surface area contributed by atoms with Gasteiger partial charge in [0, 0.05) is 12.6 Å². The van der Waals surface area contributed by atoms with E-state index >= 15 is 0 Å². The second-order valence-corrected chi connectivity index (χ2v) is 4.66. The number of carboxylic acid groups (broad SMARTS) is 1. The van der Waals surface area contributed by atoms with Crippen LogP contribution in [0, 0.1) is 0 Å². The standard InChI is InChI=1S/C14H20N2O5/c1-9(2)16(6-7-17)14(20)15-11-8-10(13(18)19)4-5-12(11)21-3/h4-5,8-9,17H,6-7H2,1-3H3,(H,15,20)(H,18,19). The smallest absolute Gasteiger partial charge is 0.335 e. The van der Waals surface area contributed by atoms with Gasteiger partial charge in [-0.15, -0.1) is 0 Å². The molecule has 1 aromatic carbocycles. The van der Waals surface area contributed by atoms with Gasteiger partial charge >= 0.3 is 12.0 Å². The third-order valence-corrected chi connectivity index (χ3v) is 2.91. The maximum absolute atomic E-state index is 12.2. The van der Waals surface area contributed by atoms with Crippen molar-refractivity contribution in [3.63, 3.8) is 0 Å². The molecule has 0 aliphatic carbocycles. The van der Waals surface area contributed by atoms with Gasteiger partial charge in [-0.25, -0.2) is 9.59 Å². The number of rotatable bonds is 6. The highest BCUT2D eigenvalue weighted by Crippen LogP contribution is 2.26. The van der Waals surface area contributed by atoms with Gasteiger partial charge in [0.2, 0.25) is 0 Å². The van der Waals surface area contributed by atoms with Gasteiger partial charge < -0.3 is 25.2 Å². The molecule has 1 rings (SSSR count). The molecule has 116 valence electrons. The van der Waals surface area contributed by atoms with Gasteiger partial charge in [-0.05, 0) is 32.0 Å². The molecular weight excluding hydrogens is 276 g/mol. The van der Waals surface area contributed by atoms with Crippen LogP contribution in [0.3, 0.4) is 0 Å². The third kappa shape index (κ3) is 4.35. The van der Waals surface area contributed by atoms with Crippen LogP contribution in [0.25, 0.3) is 0 Å². The molecule has 21 heavy (non-hydrogen) atoms. The van der Waals surface area contributed by atoms with Crippen molar-refractivity contribution in [3.05, 3.63) is 23.8 Å². The molecule has 0 saturated carbocycles. The lowest BCUT2D eigenvalue weighted by Crippen LogP contribution is -2.41. The highest BCUT2D eigenvalue weighted by molar-refractivity contribution is 5.95. The number of carbonyl (C=O) groups excluding carboxylic acids is 1. The van der Waals surface area contributed by atoms with Crippen LogP contribution in [0.5, 0.6) is 5.75 Å². The molecule has 0 spiro atoms. The minimum atomic E-state index is -1.09. The molecule has 0 aliphatic rings. The second-order valence-electron chi connectivity index (χ2n) is 4.66. The lowest BCUT2D eigenvalue weighted by molar-refractivity contribution is 0.0697. The average molecular weight is 296 g/mol. The Morgan fingerprint density at radius 2 is 2.05 bits per heavy atom. The van der Waals surface area contributed by atoms with Crippen LogP contribution in [0.2, 0.25) is 0 Å². The average Bonchev–Trinajstić information content (AvgIpc) is 2.43. The van der Waals surface area contributed by atoms with Crippen molar-refractivity contribution in [1.29, 1.82) is 0 Å². The first-order valence-electron chi connectivity index (χ1n) is 6.50. The fourth-order valence-corrected chi connectivity index (χ4v) is 1.83. The van der Waals surface area contributed by atoms with Crippen LogP contribution in [0.15, 0.2) is 18.2 Å². The minimum Gasteiger partial charge on any atom is -0.495 e. The van der Waals surface area contributed by atoms with Crippen LogP contribution >= 0.6 is 0 Å². The van der Waals surface area contributed by atoms with Crippen molar-refractivity contribution in [1.82, 2.24) is 4.90 Å². The first-order valence-corrected chi connectivity index (χ1v) is 6.50. The molecule has 7 nitrogen and oxygen atoms in total. The summed E-state index contributed by atoms with van der Waals surface area (Å²) in [5.74, 6) is -0.731. The zero-order valence-corrected chi connectivity index (χ0v) is 12.3. The number of amides is 2. The van der Waals surface area contributed by atoms with Crippen molar-refractivity contribution < 1.29 is 24.5 Å². The number of carbonyl (C=O) groups is 2. The molecule has 7 heteroatoms. The van der Waals surface area contributed by atoms with Crippen molar-refractivity contribution in [2.24, 2.45) is 0 Å². The van der Waals surface area contributed by atoms with Crippen molar-refractivity contribution in [2.75, 3.05) is 25.6 Å². The number of anilines is 1. The quantitative estimate of drug-likeness (QED) is 0.741. The second kappa shape index (κ2) is 7.49. The van der Waals surface area contributed by atoms with E-state index in [1.165, 1.54) is 30.2 Å². The lowest BCUT2D eigenvalue weighted by atomic mass is 10.2. The fourth-order valence-electron chi connectivity index (χ4n) is 1.83. The Hall–Kier alpha value is -2.28. The van der Waals surface area contributed by atoms with Crippen molar-refractivity contribution in [2.45, 2.75) is 19.9 Å². The molecule has 0 saturated heterocycles. The summed E-state index contributed by atoms with van der Waals surface area (Å²) in [4.78, 5) is 24.6. The van der Waals surface area contributed by atoms with E-state index in [1.54, 1.807) is 0 Å². The molecule has 0 heterocycles. The highest BCUT2D eigenvalue weighted by Gasteiger charge is 2.18. The van der Waals surface area contributed by atoms with Crippen LogP contribution in [-0.2, 0) is 0 Å². The predicted octanol–water partition coefficient (Wildman–Crippen LogP) is 1.63. The predicted molar refractivity (Wildman–Crippen MR) is 77.9 cm³/mol. The summed E-state index contributed by atoms with van der Waals surface area (Å²) in [6.07, 6.45) is 0. The van der Waals surface area contributed by atoms with Gasteiger partial charge in [-0.1, -0.05) is 0 Å².